The van der Waals surface area contributed by atoms with E-state index < -0.39 is 0 Å². The first-order valence-corrected chi connectivity index (χ1v) is 7.31. The van der Waals surface area contributed by atoms with Crippen LogP contribution in [-0.4, -0.2) is 41.1 Å². The van der Waals surface area contributed by atoms with Gasteiger partial charge in [0.1, 0.15) is 11.6 Å². The van der Waals surface area contributed by atoms with Gasteiger partial charge in [-0.15, -0.1) is 0 Å². The van der Waals surface area contributed by atoms with Gasteiger partial charge in [-0.3, -0.25) is 9.80 Å². The van der Waals surface area contributed by atoms with Crippen molar-refractivity contribution < 1.29 is 8.91 Å². The minimum atomic E-state index is -0.113. The first-order chi connectivity index (χ1) is 10.2. The quantitative estimate of drug-likeness (QED) is 0.865. The van der Waals surface area contributed by atoms with E-state index in [-0.39, 0.29) is 5.82 Å². The molecule has 1 aromatic carbocycles. The Hall–Kier alpha value is -1.72. The van der Waals surface area contributed by atoms with E-state index in [0.717, 1.165) is 49.7 Å². The van der Waals surface area contributed by atoms with Gasteiger partial charge < -0.3 is 4.52 Å². The van der Waals surface area contributed by atoms with Crippen molar-refractivity contribution in [1.29, 1.82) is 0 Å². The molecule has 1 aliphatic rings. The molecule has 0 N–H and O–H groups in total. The van der Waals surface area contributed by atoms with Crippen LogP contribution in [0.5, 0.6) is 0 Å². The minimum Gasteiger partial charge on any atom is -0.361 e. The molecule has 0 unspecified atom stereocenters. The number of nitrogens with zero attached hydrogens (tertiary/aromatic N) is 3. The molecule has 0 spiro atoms. The fourth-order valence-corrected chi connectivity index (χ4v) is 2.69. The van der Waals surface area contributed by atoms with Crippen LogP contribution in [-0.2, 0) is 13.1 Å². The zero-order valence-electron chi connectivity index (χ0n) is 12.3. The molecule has 0 radical (unpaired) electrons. The van der Waals surface area contributed by atoms with Crippen LogP contribution in [0.1, 0.15) is 17.0 Å². The minimum absolute atomic E-state index is 0.113. The number of aromatic nitrogens is 1. The molecule has 3 rings (SSSR count). The van der Waals surface area contributed by atoms with E-state index in [4.69, 9.17) is 4.52 Å². The van der Waals surface area contributed by atoms with Crippen LogP contribution in [0.15, 0.2) is 34.9 Å². The van der Waals surface area contributed by atoms with E-state index in [1.165, 1.54) is 6.07 Å². The fraction of sp³-hybridized carbons (Fsp3) is 0.438. The lowest BCUT2D eigenvalue weighted by molar-refractivity contribution is 0.119. The zero-order chi connectivity index (χ0) is 14.7. The smallest absolute Gasteiger partial charge is 0.133 e. The predicted octanol–water partition coefficient (Wildman–Crippen LogP) is 2.44. The van der Waals surface area contributed by atoms with Gasteiger partial charge in [0, 0.05) is 50.9 Å². The first-order valence-electron chi connectivity index (χ1n) is 7.31. The Labute approximate surface area is 124 Å². The number of benzene rings is 1. The highest BCUT2D eigenvalue weighted by Gasteiger charge is 2.18. The van der Waals surface area contributed by atoms with Gasteiger partial charge in [-0.2, -0.15) is 0 Å². The van der Waals surface area contributed by atoms with Crippen molar-refractivity contribution >= 4 is 0 Å². The summed E-state index contributed by atoms with van der Waals surface area (Å²) in [5.74, 6) is 0.737. The van der Waals surface area contributed by atoms with Gasteiger partial charge in [-0.05, 0) is 13.0 Å². The van der Waals surface area contributed by atoms with Gasteiger partial charge >= 0.3 is 0 Å². The summed E-state index contributed by atoms with van der Waals surface area (Å²) in [6, 6.07) is 8.99. The van der Waals surface area contributed by atoms with Crippen LogP contribution in [0.3, 0.4) is 0 Å². The molecule has 0 atom stereocenters. The summed E-state index contributed by atoms with van der Waals surface area (Å²) < 4.78 is 18.7. The fourth-order valence-electron chi connectivity index (χ4n) is 2.69. The third-order valence-corrected chi connectivity index (χ3v) is 3.88. The largest absolute Gasteiger partial charge is 0.361 e. The summed E-state index contributed by atoms with van der Waals surface area (Å²) in [5.41, 5.74) is 1.76. The topological polar surface area (TPSA) is 32.5 Å². The number of rotatable bonds is 4. The van der Waals surface area contributed by atoms with Gasteiger partial charge in [0.15, 0.2) is 0 Å². The van der Waals surface area contributed by atoms with Gasteiger partial charge in [-0.25, -0.2) is 4.39 Å². The molecule has 1 aromatic heterocycles. The third-order valence-electron chi connectivity index (χ3n) is 3.88. The van der Waals surface area contributed by atoms with E-state index >= 15 is 0 Å². The molecule has 1 saturated heterocycles. The summed E-state index contributed by atoms with van der Waals surface area (Å²) in [4.78, 5) is 4.65. The van der Waals surface area contributed by atoms with E-state index in [1.54, 1.807) is 6.07 Å². The van der Waals surface area contributed by atoms with Crippen molar-refractivity contribution in [3.05, 3.63) is 53.2 Å². The standard InChI is InChI=1S/C16H20FN3O/c1-13-10-15(18-21-13)12-20-8-6-19(7-9-20)11-14-4-2-3-5-16(14)17/h2-5,10H,6-9,11-12H2,1H3. The molecule has 1 aliphatic heterocycles. The summed E-state index contributed by atoms with van der Waals surface area (Å²) in [6.45, 7) is 7.26. The second-order valence-electron chi connectivity index (χ2n) is 5.57. The van der Waals surface area contributed by atoms with Crippen molar-refractivity contribution in [1.82, 2.24) is 15.0 Å². The van der Waals surface area contributed by atoms with E-state index in [0.29, 0.717) is 6.54 Å². The monoisotopic (exact) mass is 289 g/mol. The van der Waals surface area contributed by atoms with Crippen molar-refractivity contribution in [3.8, 4) is 0 Å². The molecule has 0 amide bonds. The van der Waals surface area contributed by atoms with E-state index in [9.17, 15) is 4.39 Å². The lowest BCUT2D eigenvalue weighted by Gasteiger charge is -2.34. The lowest BCUT2D eigenvalue weighted by Crippen LogP contribution is -2.45. The highest BCUT2D eigenvalue weighted by Crippen LogP contribution is 2.13. The van der Waals surface area contributed by atoms with Crippen LogP contribution >= 0.6 is 0 Å². The highest BCUT2D eigenvalue weighted by molar-refractivity contribution is 5.17. The Balaban J connectivity index is 1.50. The molecule has 2 heterocycles. The van der Waals surface area contributed by atoms with Crippen LogP contribution < -0.4 is 0 Å². The van der Waals surface area contributed by atoms with Crippen molar-refractivity contribution in [3.63, 3.8) is 0 Å². The Kier molecular flexibility index (Phi) is 4.31. The SMILES string of the molecule is Cc1cc(CN2CCN(Cc3ccccc3F)CC2)no1. The van der Waals surface area contributed by atoms with Crippen LogP contribution in [0, 0.1) is 12.7 Å². The number of halogens is 1. The zero-order valence-corrected chi connectivity index (χ0v) is 12.3. The van der Waals surface area contributed by atoms with Gasteiger partial charge in [0.05, 0.1) is 5.69 Å². The Morgan fingerprint density at radius 3 is 2.38 bits per heavy atom. The molecular weight excluding hydrogens is 269 g/mol. The Bertz CT molecular complexity index is 591. The Morgan fingerprint density at radius 2 is 1.76 bits per heavy atom. The second-order valence-corrected chi connectivity index (χ2v) is 5.57. The van der Waals surface area contributed by atoms with Crippen molar-refractivity contribution in [2.24, 2.45) is 0 Å². The molecule has 0 saturated carbocycles. The molecule has 5 heteroatoms. The van der Waals surface area contributed by atoms with Crippen LogP contribution in [0.4, 0.5) is 4.39 Å². The normalized spacial score (nSPS) is 17.2. The number of piperazine rings is 1. The predicted molar refractivity (Wildman–Crippen MR) is 78.2 cm³/mol. The summed E-state index contributed by atoms with van der Waals surface area (Å²) >= 11 is 0. The average molecular weight is 289 g/mol. The lowest BCUT2D eigenvalue weighted by atomic mass is 10.2. The molecule has 1 fully saturated rings. The van der Waals surface area contributed by atoms with Crippen LogP contribution in [0.2, 0.25) is 0 Å². The molecular formula is C16H20FN3O. The number of aryl methyl sites for hydroxylation is 1. The van der Waals surface area contributed by atoms with Crippen molar-refractivity contribution in [2.75, 3.05) is 26.2 Å². The molecule has 2 aromatic rings. The maximum Gasteiger partial charge on any atom is 0.133 e. The number of hydrogen-bond acceptors (Lipinski definition) is 4. The van der Waals surface area contributed by atoms with Gasteiger partial charge in [0.25, 0.3) is 0 Å². The highest BCUT2D eigenvalue weighted by atomic mass is 19.1. The molecule has 21 heavy (non-hydrogen) atoms. The molecule has 4 nitrogen and oxygen atoms in total. The molecule has 112 valence electrons. The Morgan fingerprint density at radius 1 is 1.10 bits per heavy atom. The first kappa shape index (κ1) is 14.2. The number of hydrogen-bond donors (Lipinski definition) is 0. The van der Waals surface area contributed by atoms with Gasteiger partial charge in [0.2, 0.25) is 0 Å². The second kappa shape index (κ2) is 6.37. The maximum absolute atomic E-state index is 13.7. The summed E-state index contributed by atoms with van der Waals surface area (Å²) in [6.07, 6.45) is 0. The van der Waals surface area contributed by atoms with Crippen molar-refractivity contribution in [2.45, 2.75) is 20.0 Å². The molecule has 0 aliphatic carbocycles. The van der Waals surface area contributed by atoms with Crippen LogP contribution in [0.25, 0.3) is 0 Å². The average Bonchev–Trinajstić information content (AvgIpc) is 2.89. The van der Waals surface area contributed by atoms with Gasteiger partial charge in [-0.1, -0.05) is 23.4 Å². The summed E-state index contributed by atoms with van der Waals surface area (Å²) in [7, 11) is 0. The van der Waals surface area contributed by atoms with E-state index in [2.05, 4.69) is 15.0 Å². The third kappa shape index (κ3) is 3.68. The summed E-state index contributed by atoms with van der Waals surface area (Å²) in [5, 5.41) is 4.03. The maximum atomic E-state index is 13.7. The van der Waals surface area contributed by atoms with E-state index in [1.807, 2.05) is 25.1 Å². The molecule has 0 bridgehead atoms.